The molecule has 1 aromatic rings. The molecular weight excluding hydrogens is 304 g/mol. The van der Waals surface area contributed by atoms with Gasteiger partial charge in [0.15, 0.2) is 0 Å². The van der Waals surface area contributed by atoms with Gasteiger partial charge in [-0.3, -0.25) is 4.79 Å². The number of aliphatic hydroxyl groups excluding tert-OH is 1. The summed E-state index contributed by atoms with van der Waals surface area (Å²) in [6.45, 7) is 3.65. The molecule has 3 aliphatic carbocycles. The van der Waals surface area contributed by atoms with E-state index in [9.17, 15) is 15.0 Å². The van der Waals surface area contributed by atoms with Gasteiger partial charge in [0.25, 0.3) is 0 Å². The summed E-state index contributed by atoms with van der Waals surface area (Å²) in [5, 5.41) is 20.5. The van der Waals surface area contributed by atoms with Crippen molar-refractivity contribution in [1.29, 1.82) is 0 Å². The first-order valence-electron chi connectivity index (χ1n) is 9.07. The average Bonchev–Trinajstić information content (AvgIpc) is 2.77. The highest BCUT2D eigenvalue weighted by Gasteiger charge is 2.59. The van der Waals surface area contributed by atoms with Crippen molar-refractivity contribution in [2.24, 2.45) is 17.3 Å². The summed E-state index contributed by atoms with van der Waals surface area (Å²) < 4.78 is 5.59. The highest BCUT2D eigenvalue weighted by molar-refractivity contribution is 5.66. The van der Waals surface area contributed by atoms with Gasteiger partial charge in [-0.15, -0.1) is 0 Å². The number of benzene rings is 1. The summed E-state index contributed by atoms with van der Waals surface area (Å²) in [4.78, 5) is 11.5. The van der Waals surface area contributed by atoms with Crippen molar-refractivity contribution in [2.75, 3.05) is 0 Å². The third-order valence-corrected chi connectivity index (χ3v) is 6.92. The van der Waals surface area contributed by atoms with Crippen LogP contribution in [-0.2, 0) is 16.0 Å². The number of aliphatic hydroxyl groups is 1. The van der Waals surface area contributed by atoms with Gasteiger partial charge >= 0.3 is 5.97 Å². The van der Waals surface area contributed by atoms with Gasteiger partial charge in [-0.05, 0) is 66.7 Å². The number of ether oxygens (including phenoxy) is 1. The molecule has 1 aromatic carbocycles. The quantitative estimate of drug-likeness (QED) is 0.776. The summed E-state index contributed by atoms with van der Waals surface area (Å²) in [5.74, 6) is 1.14. The SMILES string of the molecule is CC(=O)OC1CC(O)[C@H]2[C@@H]3CCc4cc(O)ccc4[C@H]3CC[C@]12C. The van der Waals surface area contributed by atoms with Gasteiger partial charge in [-0.1, -0.05) is 13.0 Å². The number of rotatable bonds is 1. The zero-order valence-corrected chi connectivity index (χ0v) is 14.4. The first-order chi connectivity index (χ1) is 11.4. The first-order valence-corrected chi connectivity index (χ1v) is 9.07. The lowest BCUT2D eigenvalue weighted by Crippen LogP contribution is -2.47. The molecule has 0 saturated heterocycles. The topological polar surface area (TPSA) is 66.8 Å². The van der Waals surface area contributed by atoms with Gasteiger partial charge in [-0.2, -0.15) is 0 Å². The number of phenols is 1. The lowest BCUT2D eigenvalue weighted by Gasteiger charge is -2.50. The molecule has 0 amide bonds. The Balaban J connectivity index is 1.67. The van der Waals surface area contributed by atoms with Crippen LogP contribution >= 0.6 is 0 Å². The van der Waals surface area contributed by atoms with Crippen molar-refractivity contribution in [3.8, 4) is 5.75 Å². The Morgan fingerprint density at radius 1 is 1.33 bits per heavy atom. The van der Waals surface area contributed by atoms with Gasteiger partial charge in [0.2, 0.25) is 0 Å². The zero-order valence-electron chi connectivity index (χ0n) is 14.4. The van der Waals surface area contributed by atoms with Crippen LogP contribution in [0, 0.1) is 17.3 Å². The lowest BCUT2D eigenvalue weighted by atomic mass is 9.55. The fraction of sp³-hybridized carbons (Fsp3) is 0.650. The van der Waals surface area contributed by atoms with E-state index in [-0.39, 0.29) is 23.4 Å². The van der Waals surface area contributed by atoms with E-state index in [4.69, 9.17) is 4.74 Å². The molecule has 3 aliphatic rings. The summed E-state index contributed by atoms with van der Waals surface area (Å²) >= 11 is 0. The van der Waals surface area contributed by atoms with Crippen molar-refractivity contribution in [1.82, 2.24) is 0 Å². The molecule has 2 unspecified atom stereocenters. The molecule has 0 aromatic heterocycles. The molecule has 4 rings (SSSR count). The summed E-state index contributed by atoms with van der Waals surface area (Å²) in [7, 11) is 0. The normalized spacial score (nSPS) is 40.4. The molecule has 4 nitrogen and oxygen atoms in total. The molecule has 2 fully saturated rings. The summed E-state index contributed by atoms with van der Waals surface area (Å²) in [6.07, 6.45) is 4.00. The largest absolute Gasteiger partial charge is 0.508 e. The third-order valence-electron chi connectivity index (χ3n) is 6.92. The minimum Gasteiger partial charge on any atom is -0.508 e. The number of carbonyl (C=O) groups excluding carboxylic acids is 1. The Kier molecular flexibility index (Phi) is 3.64. The van der Waals surface area contributed by atoms with Crippen molar-refractivity contribution >= 4 is 5.97 Å². The molecule has 0 heterocycles. The number of aromatic hydroxyl groups is 1. The number of aryl methyl sites for hydroxylation is 1. The molecule has 4 heteroatoms. The van der Waals surface area contributed by atoms with E-state index in [0.29, 0.717) is 24.0 Å². The van der Waals surface area contributed by atoms with E-state index in [2.05, 4.69) is 13.0 Å². The number of phenolic OH excluding ortho intramolecular Hbond substituents is 1. The standard InChI is InChI=1S/C20H26O4/c1-11(21)24-18-10-17(23)19-16-5-3-12-9-13(22)4-6-14(12)15(16)7-8-20(18,19)2/h4,6,9,15-19,22-23H,3,5,7-8,10H2,1-2H3/t15-,16-,17?,18?,19-,20-/m1/s1. The Bertz CT molecular complexity index is 670. The predicted molar refractivity (Wildman–Crippen MR) is 89.7 cm³/mol. The van der Waals surface area contributed by atoms with Crippen LogP contribution in [0.4, 0.5) is 0 Å². The smallest absolute Gasteiger partial charge is 0.302 e. The van der Waals surface area contributed by atoms with Gasteiger partial charge in [0.1, 0.15) is 11.9 Å². The molecular formula is C20H26O4. The molecule has 0 bridgehead atoms. The maximum Gasteiger partial charge on any atom is 0.302 e. The van der Waals surface area contributed by atoms with Crippen LogP contribution in [0.5, 0.6) is 5.75 Å². The zero-order chi connectivity index (χ0) is 17.1. The van der Waals surface area contributed by atoms with Gasteiger partial charge in [0.05, 0.1) is 6.10 Å². The van der Waals surface area contributed by atoms with E-state index in [1.807, 2.05) is 6.07 Å². The maximum absolute atomic E-state index is 11.5. The maximum atomic E-state index is 11.5. The van der Waals surface area contributed by atoms with Crippen LogP contribution in [0.1, 0.15) is 56.6 Å². The van der Waals surface area contributed by atoms with Crippen molar-refractivity contribution in [2.45, 2.75) is 64.1 Å². The first kappa shape index (κ1) is 15.9. The van der Waals surface area contributed by atoms with Crippen LogP contribution in [0.3, 0.4) is 0 Å². The summed E-state index contributed by atoms with van der Waals surface area (Å²) in [5.41, 5.74) is 2.47. The fourth-order valence-electron chi connectivity index (χ4n) is 5.96. The molecule has 130 valence electrons. The van der Waals surface area contributed by atoms with Crippen LogP contribution in [0.2, 0.25) is 0 Å². The number of carbonyl (C=O) groups is 1. The van der Waals surface area contributed by atoms with Crippen LogP contribution < -0.4 is 0 Å². The minimum atomic E-state index is -0.397. The van der Waals surface area contributed by atoms with Gasteiger partial charge in [-0.25, -0.2) is 0 Å². The number of fused-ring (bicyclic) bond motifs is 5. The van der Waals surface area contributed by atoms with Crippen LogP contribution in [-0.4, -0.2) is 28.4 Å². The van der Waals surface area contributed by atoms with E-state index < -0.39 is 6.10 Å². The Morgan fingerprint density at radius 2 is 2.12 bits per heavy atom. The third kappa shape index (κ3) is 2.26. The second kappa shape index (κ2) is 5.48. The Morgan fingerprint density at radius 3 is 2.88 bits per heavy atom. The Labute approximate surface area is 142 Å². The summed E-state index contributed by atoms with van der Waals surface area (Å²) in [6, 6.07) is 5.74. The van der Waals surface area contributed by atoms with Gasteiger partial charge < -0.3 is 14.9 Å². The van der Waals surface area contributed by atoms with E-state index in [1.54, 1.807) is 6.07 Å². The molecule has 0 radical (unpaired) electrons. The van der Waals surface area contributed by atoms with Crippen molar-refractivity contribution < 1.29 is 19.7 Å². The molecule has 2 N–H and O–H groups in total. The molecule has 0 aliphatic heterocycles. The second-order valence-corrected chi connectivity index (χ2v) is 8.16. The molecule has 0 spiro atoms. The molecule has 2 saturated carbocycles. The number of hydrogen-bond donors (Lipinski definition) is 2. The highest BCUT2D eigenvalue weighted by Crippen LogP contribution is 2.61. The van der Waals surface area contributed by atoms with E-state index in [0.717, 1.165) is 25.7 Å². The second-order valence-electron chi connectivity index (χ2n) is 8.16. The average molecular weight is 330 g/mol. The van der Waals surface area contributed by atoms with E-state index in [1.165, 1.54) is 18.1 Å². The number of esters is 1. The van der Waals surface area contributed by atoms with Gasteiger partial charge in [0, 0.05) is 18.8 Å². The lowest BCUT2D eigenvalue weighted by molar-refractivity contribution is -0.154. The predicted octanol–water partition coefficient (Wildman–Crippen LogP) is 3.15. The van der Waals surface area contributed by atoms with E-state index >= 15 is 0 Å². The van der Waals surface area contributed by atoms with Crippen molar-refractivity contribution in [3.05, 3.63) is 29.3 Å². The monoisotopic (exact) mass is 330 g/mol. The van der Waals surface area contributed by atoms with Crippen molar-refractivity contribution in [3.63, 3.8) is 0 Å². The number of hydrogen-bond acceptors (Lipinski definition) is 4. The highest BCUT2D eigenvalue weighted by atomic mass is 16.5. The van der Waals surface area contributed by atoms with Crippen LogP contribution in [0.25, 0.3) is 0 Å². The molecule has 24 heavy (non-hydrogen) atoms. The minimum absolute atomic E-state index is 0.124. The Hall–Kier alpha value is -1.55. The fourth-order valence-corrected chi connectivity index (χ4v) is 5.96. The molecule has 6 atom stereocenters. The van der Waals surface area contributed by atoms with Crippen LogP contribution in [0.15, 0.2) is 18.2 Å².